The maximum absolute atomic E-state index is 13.5. The predicted octanol–water partition coefficient (Wildman–Crippen LogP) is 3.84. The van der Waals surface area contributed by atoms with Crippen LogP contribution in [-0.4, -0.2) is 35.5 Å². The summed E-state index contributed by atoms with van der Waals surface area (Å²) in [5.74, 6) is -0.515. The number of carbonyl (C=O) groups is 1. The summed E-state index contributed by atoms with van der Waals surface area (Å²) in [5.41, 5.74) is 2.86. The van der Waals surface area contributed by atoms with Crippen molar-refractivity contribution in [3.05, 3.63) is 88.4 Å². The molecule has 0 bridgehead atoms. The number of nitrogens with one attached hydrogen (secondary N) is 2. The zero-order chi connectivity index (χ0) is 25.8. The van der Waals surface area contributed by atoms with Gasteiger partial charge < -0.3 is 5.32 Å². The molecule has 3 aromatic carbocycles. The Labute approximate surface area is 211 Å². The van der Waals surface area contributed by atoms with Crippen LogP contribution < -0.4 is 14.3 Å². The number of hydrogen-bond acceptors (Lipinski definition) is 5. The van der Waals surface area contributed by atoms with Gasteiger partial charge in [-0.15, -0.1) is 0 Å². The molecule has 0 spiro atoms. The van der Waals surface area contributed by atoms with E-state index in [0.717, 1.165) is 16.1 Å². The molecule has 8 nitrogen and oxygen atoms in total. The van der Waals surface area contributed by atoms with Crippen LogP contribution in [0.3, 0.4) is 0 Å². The highest BCUT2D eigenvalue weighted by Gasteiger charge is 2.28. The highest BCUT2D eigenvalue weighted by Crippen LogP contribution is 2.30. The summed E-state index contributed by atoms with van der Waals surface area (Å²) in [6.45, 7) is 3.22. The van der Waals surface area contributed by atoms with Crippen molar-refractivity contribution in [1.82, 2.24) is 5.32 Å². The van der Waals surface area contributed by atoms with Gasteiger partial charge in [0.25, 0.3) is 10.0 Å². The highest BCUT2D eigenvalue weighted by molar-refractivity contribution is 7.93. The molecule has 0 radical (unpaired) electrons. The van der Waals surface area contributed by atoms with E-state index in [0.29, 0.717) is 27.5 Å². The summed E-state index contributed by atoms with van der Waals surface area (Å²) in [7, 11) is -7.46. The second-order valence-electron chi connectivity index (χ2n) is 8.06. The molecular weight excluding hydrogens is 510 g/mol. The second-order valence-corrected chi connectivity index (χ2v) is 12.1. The van der Waals surface area contributed by atoms with Crippen LogP contribution in [-0.2, 0) is 31.4 Å². The Hall–Kier alpha value is -3.08. The highest BCUT2D eigenvalue weighted by atomic mass is 35.5. The van der Waals surface area contributed by atoms with Crippen LogP contribution >= 0.6 is 11.6 Å². The number of benzene rings is 3. The van der Waals surface area contributed by atoms with Crippen molar-refractivity contribution in [2.24, 2.45) is 0 Å². The van der Waals surface area contributed by atoms with Crippen molar-refractivity contribution in [1.29, 1.82) is 0 Å². The number of amides is 1. The lowest BCUT2D eigenvalue weighted by Crippen LogP contribution is -2.41. The lowest BCUT2D eigenvalue weighted by atomic mass is 10.2. The SMILES string of the molecule is Cc1ccc(S(=O)(=O)N(CC(=O)NCc2ccc(NS(C)(=O)=O)cc2)c2cccc(Cl)c2C)cc1. The average Bonchev–Trinajstić information content (AvgIpc) is 2.78. The summed E-state index contributed by atoms with van der Waals surface area (Å²) in [5, 5.41) is 3.10. The van der Waals surface area contributed by atoms with Gasteiger partial charge in [0, 0.05) is 17.3 Å². The number of hydrogen-bond donors (Lipinski definition) is 2. The van der Waals surface area contributed by atoms with E-state index < -0.39 is 32.5 Å². The molecule has 0 aliphatic heterocycles. The van der Waals surface area contributed by atoms with Gasteiger partial charge in [0.15, 0.2) is 0 Å². The van der Waals surface area contributed by atoms with E-state index >= 15 is 0 Å². The molecule has 35 heavy (non-hydrogen) atoms. The van der Waals surface area contributed by atoms with Crippen molar-refractivity contribution in [2.75, 3.05) is 21.8 Å². The minimum Gasteiger partial charge on any atom is -0.350 e. The normalized spacial score (nSPS) is 11.7. The zero-order valence-corrected chi connectivity index (χ0v) is 21.8. The summed E-state index contributed by atoms with van der Waals surface area (Å²) < 4.78 is 53.1. The number of halogens is 1. The molecule has 0 aliphatic carbocycles. The smallest absolute Gasteiger partial charge is 0.264 e. The van der Waals surface area contributed by atoms with Crippen LogP contribution in [0.4, 0.5) is 11.4 Å². The molecule has 0 unspecified atom stereocenters. The predicted molar refractivity (Wildman–Crippen MR) is 139 cm³/mol. The summed E-state index contributed by atoms with van der Waals surface area (Å²) in [6, 6.07) is 17.8. The first-order valence-corrected chi connectivity index (χ1v) is 14.3. The maximum Gasteiger partial charge on any atom is 0.264 e. The number of sulfonamides is 2. The number of aryl methyl sites for hydroxylation is 1. The third kappa shape index (κ3) is 6.97. The minimum absolute atomic E-state index is 0.0595. The van der Waals surface area contributed by atoms with Crippen molar-refractivity contribution < 1.29 is 21.6 Å². The monoisotopic (exact) mass is 535 g/mol. The molecule has 0 heterocycles. The van der Waals surface area contributed by atoms with E-state index in [9.17, 15) is 21.6 Å². The number of anilines is 2. The van der Waals surface area contributed by atoms with E-state index in [1.165, 1.54) is 12.1 Å². The van der Waals surface area contributed by atoms with Crippen LogP contribution in [0.2, 0.25) is 5.02 Å². The van der Waals surface area contributed by atoms with Gasteiger partial charge in [-0.25, -0.2) is 16.8 Å². The van der Waals surface area contributed by atoms with Gasteiger partial charge in [-0.2, -0.15) is 0 Å². The standard InChI is InChI=1S/C24H26ClN3O5S2/c1-17-7-13-21(14-8-17)35(32,33)28(23-6-4-5-22(25)18(23)2)16-24(29)26-15-19-9-11-20(12-10-19)27-34(3,30)31/h4-14,27H,15-16H2,1-3H3,(H,26,29). The van der Waals surface area contributed by atoms with Gasteiger partial charge in [-0.05, 0) is 61.4 Å². The van der Waals surface area contributed by atoms with Crippen molar-refractivity contribution >= 4 is 48.9 Å². The van der Waals surface area contributed by atoms with Crippen LogP contribution in [0.25, 0.3) is 0 Å². The molecule has 0 saturated carbocycles. The van der Waals surface area contributed by atoms with Crippen molar-refractivity contribution in [2.45, 2.75) is 25.3 Å². The summed E-state index contributed by atoms with van der Waals surface area (Å²) in [6.07, 6.45) is 1.05. The summed E-state index contributed by atoms with van der Waals surface area (Å²) in [4.78, 5) is 12.9. The van der Waals surface area contributed by atoms with E-state index in [4.69, 9.17) is 11.6 Å². The molecule has 0 aliphatic rings. The first-order chi connectivity index (χ1) is 16.4. The average molecular weight is 536 g/mol. The van der Waals surface area contributed by atoms with Gasteiger partial charge in [0.1, 0.15) is 6.54 Å². The van der Waals surface area contributed by atoms with Crippen LogP contribution in [0.1, 0.15) is 16.7 Å². The fourth-order valence-corrected chi connectivity index (χ4v) is 5.51. The zero-order valence-electron chi connectivity index (χ0n) is 19.4. The molecule has 0 fully saturated rings. The van der Waals surface area contributed by atoms with E-state index in [1.807, 2.05) is 6.92 Å². The Morgan fingerprint density at radius 1 is 0.914 bits per heavy atom. The largest absolute Gasteiger partial charge is 0.350 e. The Bertz CT molecular complexity index is 1420. The topological polar surface area (TPSA) is 113 Å². The van der Waals surface area contributed by atoms with Crippen LogP contribution in [0, 0.1) is 13.8 Å². The van der Waals surface area contributed by atoms with E-state index in [-0.39, 0.29) is 11.4 Å². The van der Waals surface area contributed by atoms with Gasteiger partial charge >= 0.3 is 0 Å². The van der Waals surface area contributed by atoms with E-state index in [1.54, 1.807) is 61.5 Å². The molecule has 1 amide bonds. The summed E-state index contributed by atoms with van der Waals surface area (Å²) >= 11 is 6.24. The van der Waals surface area contributed by atoms with Crippen LogP contribution in [0.15, 0.2) is 71.6 Å². The fraction of sp³-hybridized carbons (Fsp3) is 0.208. The first-order valence-electron chi connectivity index (χ1n) is 10.5. The van der Waals surface area contributed by atoms with Crippen molar-refractivity contribution in [3.8, 4) is 0 Å². The molecule has 2 N–H and O–H groups in total. The molecule has 0 saturated heterocycles. The molecule has 3 aromatic rings. The lowest BCUT2D eigenvalue weighted by Gasteiger charge is -2.26. The number of carbonyl (C=O) groups excluding carboxylic acids is 1. The van der Waals surface area contributed by atoms with Gasteiger partial charge in [0.05, 0.1) is 16.8 Å². The molecule has 11 heteroatoms. The minimum atomic E-state index is -4.06. The molecule has 0 aromatic heterocycles. The van der Waals surface area contributed by atoms with Gasteiger partial charge in [-0.3, -0.25) is 13.8 Å². The van der Waals surface area contributed by atoms with E-state index in [2.05, 4.69) is 10.0 Å². The Morgan fingerprint density at radius 3 is 2.14 bits per heavy atom. The quantitative estimate of drug-likeness (QED) is 0.432. The third-order valence-electron chi connectivity index (χ3n) is 5.15. The van der Waals surface area contributed by atoms with Crippen molar-refractivity contribution in [3.63, 3.8) is 0 Å². The Morgan fingerprint density at radius 2 is 1.54 bits per heavy atom. The maximum atomic E-state index is 13.5. The first kappa shape index (κ1) is 26.5. The Balaban J connectivity index is 1.82. The molecule has 186 valence electrons. The molecule has 3 rings (SSSR count). The van der Waals surface area contributed by atoms with Crippen LogP contribution in [0.5, 0.6) is 0 Å². The van der Waals surface area contributed by atoms with Gasteiger partial charge in [0.2, 0.25) is 15.9 Å². The van der Waals surface area contributed by atoms with Gasteiger partial charge in [-0.1, -0.05) is 47.5 Å². The Kier molecular flexibility index (Phi) is 8.09. The second kappa shape index (κ2) is 10.7. The lowest BCUT2D eigenvalue weighted by molar-refractivity contribution is -0.119. The third-order valence-corrected chi connectivity index (χ3v) is 7.94. The number of nitrogens with zero attached hydrogens (tertiary/aromatic N) is 1. The molecular formula is C24H26ClN3O5S2. The number of rotatable bonds is 9. The fourth-order valence-electron chi connectivity index (χ4n) is 3.30. The molecule has 0 atom stereocenters.